The van der Waals surface area contributed by atoms with Gasteiger partial charge in [0.25, 0.3) is 0 Å². The number of nitrogens with two attached hydrogens (primary N) is 1. The molecule has 18 heavy (non-hydrogen) atoms. The Morgan fingerprint density at radius 3 is 2.56 bits per heavy atom. The summed E-state index contributed by atoms with van der Waals surface area (Å²) in [5, 5.41) is 4.25. The van der Waals surface area contributed by atoms with Gasteiger partial charge in [-0.15, -0.1) is 0 Å². The molecule has 1 aromatic carbocycles. The lowest BCUT2D eigenvalue weighted by molar-refractivity contribution is 0.214. The molecule has 0 bridgehead atoms. The van der Waals surface area contributed by atoms with Gasteiger partial charge in [-0.05, 0) is 19.4 Å². The average molecular weight is 245 g/mol. The van der Waals surface area contributed by atoms with Crippen LogP contribution >= 0.6 is 0 Å². The zero-order chi connectivity index (χ0) is 13.0. The Bertz CT molecular complexity index is 479. The lowest BCUT2D eigenvalue weighted by atomic mass is 10.1. The zero-order valence-electron chi connectivity index (χ0n) is 10.8. The van der Waals surface area contributed by atoms with Gasteiger partial charge in [0.05, 0.1) is 12.4 Å². The van der Waals surface area contributed by atoms with Crippen LogP contribution in [0.1, 0.15) is 31.6 Å². The van der Waals surface area contributed by atoms with Crippen LogP contribution in [0.5, 0.6) is 5.75 Å². The third kappa shape index (κ3) is 2.90. The quantitative estimate of drug-likeness (QED) is 0.880. The fourth-order valence-electron chi connectivity index (χ4n) is 1.75. The fraction of sp³-hybridized carbons (Fsp3) is 0.357. The standard InChI is InChI=1S/C14H19N3O/c1-11(2)17-10-13(9-16-17)18-14(8-15)12-6-4-3-5-7-12/h3-7,9-11,14H,8,15H2,1-2H3. The molecule has 0 amide bonds. The van der Waals surface area contributed by atoms with Crippen LogP contribution in [-0.4, -0.2) is 16.3 Å². The summed E-state index contributed by atoms with van der Waals surface area (Å²) < 4.78 is 7.74. The van der Waals surface area contributed by atoms with Crippen LogP contribution in [0.25, 0.3) is 0 Å². The molecule has 1 unspecified atom stereocenters. The van der Waals surface area contributed by atoms with Crippen LogP contribution in [0.4, 0.5) is 0 Å². The summed E-state index contributed by atoms with van der Waals surface area (Å²) in [5.41, 5.74) is 6.85. The largest absolute Gasteiger partial charge is 0.481 e. The van der Waals surface area contributed by atoms with Crippen molar-refractivity contribution < 1.29 is 4.74 Å². The van der Waals surface area contributed by atoms with Crippen LogP contribution in [0.2, 0.25) is 0 Å². The Labute approximate surface area is 107 Å². The molecule has 0 saturated heterocycles. The average Bonchev–Trinajstić information content (AvgIpc) is 2.86. The van der Waals surface area contributed by atoms with Crippen molar-refractivity contribution in [2.75, 3.05) is 6.54 Å². The van der Waals surface area contributed by atoms with Crippen LogP contribution in [-0.2, 0) is 0 Å². The number of benzene rings is 1. The molecule has 0 radical (unpaired) electrons. The molecule has 96 valence electrons. The van der Waals surface area contributed by atoms with Crippen molar-refractivity contribution in [2.24, 2.45) is 5.73 Å². The van der Waals surface area contributed by atoms with Crippen LogP contribution < -0.4 is 10.5 Å². The Morgan fingerprint density at radius 2 is 2.00 bits per heavy atom. The van der Waals surface area contributed by atoms with Crippen molar-refractivity contribution in [2.45, 2.75) is 26.0 Å². The van der Waals surface area contributed by atoms with E-state index < -0.39 is 0 Å². The van der Waals surface area contributed by atoms with Gasteiger partial charge in [0.2, 0.25) is 0 Å². The number of ether oxygens (including phenoxy) is 1. The Morgan fingerprint density at radius 1 is 1.28 bits per heavy atom. The van der Waals surface area contributed by atoms with E-state index in [4.69, 9.17) is 10.5 Å². The van der Waals surface area contributed by atoms with Crippen molar-refractivity contribution in [1.82, 2.24) is 9.78 Å². The molecular formula is C14H19N3O. The van der Waals surface area contributed by atoms with Crippen molar-refractivity contribution >= 4 is 0 Å². The Balaban J connectivity index is 2.10. The summed E-state index contributed by atoms with van der Waals surface area (Å²) in [6.45, 7) is 4.60. The Kier molecular flexibility index (Phi) is 3.99. The van der Waals surface area contributed by atoms with E-state index >= 15 is 0 Å². The molecule has 0 aliphatic heterocycles. The van der Waals surface area contributed by atoms with Gasteiger partial charge in [0, 0.05) is 12.6 Å². The monoisotopic (exact) mass is 245 g/mol. The second kappa shape index (κ2) is 5.69. The maximum atomic E-state index is 5.87. The minimum Gasteiger partial charge on any atom is -0.481 e. The first-order valence-electron chi connectivity index (χ1n) is 6.16. The van der Waals surface area contributed by atoms with Gasteiger partial charge in [0.15, 0.2) is 5.75 Å². The molecule has 0 aliphatic rings. The van der Waals surface area contributed by atoms with Crippen molar-refractivity contribution in [3.8, 4) is 5.75 Å². The van der Waals surface area contributed by atoms with Gasteiger partial charge >= 0.3 is 0 Å². The number of rotatable bonds is 5. The van der Waals surface area contributed by atoms with E-state index in [1.807, 2.05) is 41.2 Å². The third-order valence-electron chi connectivity index (χ3n) is 2.77. The van der Waals surface area contributed by atoms with Gasteiger partial charge < -0.3 is 10.5 Å². The number of hydrogen-bond donors (Lipinski definition) is 1. The van der Waals surface area contributed by atoms with Gasteiger partial charge in [-0.2, -0.15) is 5.10 Å². The predicted octanol–water partition coefficient (Wildman–Crippen LogP) is 2.54. The number of hydrogen-bond acceptors (Lipinski definition) is 3. The van der Waals surface area contributed by atoms with Gasteiger partial charge in [0.1, 0.15) is 6.10 Å². The van der Waals surface area contributed by atoms with E-state index in [2.05, 4.69) is 18.9 Å². The zero-order valence-corrected chi connectivity index (χ0v) is 10.8. The smallest absolute Gasteiger partial charge is 0.158 e. The predicted molar refractivity (Wildman–Crippen MR) is 71.5 cm³/mol. The maximum Gasteiger partial charge on any atom is 0.158 e. The van der Waals surface area contributed by atoms with Crippen LogP contribution in [0.3, 0.4) is 0 Å². The van der Waals surface area contributed by atoms with E-state index in [1.54, 1.807) is 6.20 Å². The molecule has 0 spiro atoms. The Hall–Kier alpha value is -1.81. The molecule has 1 heterocycles. The van der Waals surface area contributed by atoms with Crippen LogP contribution in [0, 0.1) is 0 Å². The van der Waals surface area contributed by atoms with E-state index in [0.29, 0.717) is 12.6 Å². The van der Waals surface area contributed by atoms with E-state index in [0.717, 1.165) is 11.3 Å². The summed E-state index contributed by atoms with van der Waals surface area (Å²) in [6.07, 6.45) is 3.50. The second-order valence-electron chi connectivity index (χ2n) is 4.50. The summed E-state index contributed by atoms with van der Waals surface area (Å²) in [5.74, 6) is 0.753. The van der Waals surface area contributed by atoms with Crippen molar-refractivity contribution in [3.05, 3.63) is 48.3 Å². The van der Waals surface area contributed by atoms with Gasteiger partial charge in [-0.25, -0.2) is 0 Å². The lowest BCUT2D eigenvalue weighted by Crippen LogP contribution is -2.18. The molecule has 4 heteroatoms. The second-order valence-corrected chi connectivity index (χ2v) is 4.50. The van der Waals surface area contributed by atoms with Gasteiger partial charge in [-0.1, -0.05) is 30.3 Å². The lowest BCUT2D eigenvalue weighted by Gasteiger charge is -2.16. The minimum atomic E-state index is -0.129. The van der Waals surface area contributed by atoms with Gasteiger partial charge in [-0.3, -0.25) is 4.68 Å². The summed E-state index contributed by atoms with van der Waals surface area (Å²) in [6, 6.07) is 10.3. The molecule has 1 aromatic heterocycles. The molecule has 1 atom stereocenters. The highest BCUT2D eigenvalue weighted by Crippen LogP contribution is 2.21. The minimum absolute atomic E-state index is 0.129. The molecule has 0 saturated carbocycles. The molecule has 2 N–H and O–H groups in total. The first kappa shape index (κ1) is 12.6. The fourth-order valence-corrected chi connectivity index (χ4v) is 1.75. The van der Waals surface area contributed by atoms with Crippen molar-refractivity contribution in [3.63, 3.8) is 0 Å². The maximum absolute atomic E-state index is 5.87. The first-order chi connectivity index (χ1) is 8.70. The molecule has 0 aliphatic carbocycles. The van der Waals surface area contributed by atoms with E-state index in [-0.39, 0.29) is 6.10 Å². The van der Waals surface area contributed by atoms with Crippen LogP contribution in [0.15, 0.2) is 42.7 Å². The molecule has 4 nitrogen and oxygen atoms in total. The van der Waals surface area contributed by atoms with E-state index in [9.17, 15) is 0 Å². The molecule has 2 rings (SSSR count). The topological polar surface area (TPSA) is 53.1 Å². The van der Waals surface area contributed by atoms with E-state index in [1.165, 1.54) is 0 Å². The first-order valence-corrected chi connectivity index (χ1v) is 6.16. The highest BCUT2D eigenvalue weighted by Gasteiger charge is 2.12. The summed E-state index contributed by atoms with van der Waals surface area (Å²) in [4.78, 5) is 0. The highest BCUT2D eigenvalue weighted by atomic mass is 16.5. The molecule has 0 fully saturated rings. The van der Waals surface area contributed by atoms with Crippen molar-refractivity contribution in [1.29, 1.82) is 0 Å². The summed E-state index contributed by atoms with van der Waals surface area (Å²) >= 11 is 0. The molecular weight excluding hydrogens is 226 g/mol. The number of nitrogens with zero attached hydrogens (tertiary/aromatic N) is 2. The summed E-state index contributed by atoms with van der Waals surface area (Å²) in [7, 11) is 0. The molecule has 2 aromatic rings. The normalized spacial score (nSPS) is 12.7. The highest BCUT2D eigenvalue weighted by molar-refractivity contribution is 5.21. The third-order valence-corrected chi connectivity index (χ3v) is 2.77. The number of aromatic nitrogens is 2. The SMILES string of the molecule is CC(C)n1cc(OC(CN)c2ccccc2)cn1.